The van der Waals surface area contributed by atoms with Crippen LogP contribution in [0.3, 0.4) is 0 Å². The van der Waals surface area contributed by atoms with E-state index in [4.69, 9.17) is 18.9 Å². The van der Waals surface area contributed by atoms with E-state index in [0.717, 1.165) is 27.9 Å². The van der Waals surface area contributed by atoms with Crippen LogP contribution in [0.15, 0.2) is 65.1 Å². The molecule has 0 saturated carbocycles. The third-order valence-electron chi connectivity index (χ3n) is 4.67. The van der Waals surface area contributed by atoms with Gasteiger partial charge < -0.3 is 24.3 Å². The highest BCUT2D eigenvalue weighted by Crippen LogP contribution is 2.45. The number of hydrogen-bond donors (Lipinski definition) is 1. The molecule has 0 unspecified atom stereocenters. The molecule has 6 heteroatoms. The van der Waals surface area contributed by atoms with Crippen molar-refractivity contribution < 1.29 is 18.9 Å². The van der Waals surface area contributed by atoms with Crippen LogP contribution >= 0.6 is 15.9 Å². The summed E-state index contributed by atoms with van der Waals surface area (Å²) in [6.45, 7) is 1.79. The van der Waals surface area contributed by atoms with E-state index in [1.807, 2.05) is 60.7 Å². The zero-order chi connectivity index (χ0) is 21.3. The minimum absolute atomic E-state index is 0.426. The largest absolute Gasteiger partial charge is 0.497 e. The highest BCUT2D eigenvalue weighted by molar-refractivity contribution is 9.10. The Morgan fingerprint density at radius 3 is 2.13 bits per heavy atom. The molecule has 0 bridgehead atoms. The Bertz CT molecular complexity index is 946. The number of hydrogen-bond acceptors (Lipinski definition) is 5. The maximum atomic E-state index is 6.06. The molecule has 158 valence electrons. The average Bonchev–Trinajstić information content (AvgIpc) is 2.79. The van der Waals surface area contributed by atoms with E-state index in [-0.39, 0.29) is 0 Å². The Labute approximate surface area is 186 Å². The summed E-state index contributed by atoms with van der Waals surface area (Å²) < 4.78 is 23.3. The van der Waals surface area contributed by atoms with Crippen LogP contribution < -0.4 is 24.3 Å². The number of halogens is 1. The fourth-order valence-corrected chi connectivity index (χ4v) is 3.65. The second kappa shape index (κ2) is 10.9. The molecule has 0 spiro atoms. The maximum absolute atomic E-state index is 6.06. The van der Waals surface area contributed by atoms with E-state index in [9.17, 15) is 0 Å². The van der Waals surface area contributed by atoms with Crippen LogP contribution in [0.5, 0.6) is 23.0 Å². The molecule has 0 fully saturated rings. The van der Waals surface area contributed by atoms with Gasteiger partial charge in [0.2, 0.25) is 5.75 Å². The van der Waals surface area contributed by atoms with E-state index in [0.29, 0.717) is 30.4 Å². The van der Waals surface area contributed by atoms with Gasteiger partial charge in [-0.05, 0) is 50.8 Å². The standard InChI is InChI=1S/C24H26BrNO4/c1-27-20-11-9-17(10-12-20)14-26-15-19-13-21(28-2)23(24(29-3)22(19)25)30-16-18-7-5-4-6-8-18/h4-13,26H,14-16H2,1-3H3. The Morgan fingerprint density at radius 1 is 0.767 bits per heavy atom. The first kappa shape index (κ1) is 22.0. The summed E-state index contributed by atoms with van der Waals surface area (Å²) in [4.78, 5) is 0. The molecular formula is C24H26BrNO4. The number of benzene rings is 3. The quantitative estimate of drug-likeness (QED) is 0.432. The Balaban J connectivity index is 1.73. The molecular weight excluding hydrogens is 446 g/mol. The smallest absolute Gasteiger partial charge is 0.205 e. The first-order valence-corrected chi connectivity index (χ1v) is 10.4. The van der Waals surface area contributed by atoms with Crippen molar-refractivity contribution in [3.63, 3.8) is 0 Å². The minimum atomic E-state index is 0.426. The van der Waals surface area contributed by atoms with Crippen molar-refractivity contribution in [1.82, 2.24) is 5.32 Å². The Hall–Kier alpha value is -2.70. The Morgan fingerprint density at radius 2 is 1.50 bits per heavy atom. The number of rotatable bonds is 10. The van der Waals surface area contributed by atoms with Crippen molar-refractivity contribution in [1.29, 1.82) is 0 Å². The van der Waals surface area contributed by atoms with Crippen molar-refractivity contribution in [3.05, 3.63) is 81.8 Å². The number of methoxy groups -OCH3 is 3. The molecule has 3 rings (SSSR count). The van der Waals surface area contributed by atoms with Gasteiger partial charge in [-0.3, -0.25) is 0 Å². The fraction of sp³-hybridized carbons (Fsp3) is 0.250. The third-order valence-corrected chi connectivity index (χ3v) is 5.54. The van der Waals surface area contributed by atoms with Gasteiger partial charge in [0.05, 0.1) is 25.8 Å². The van der Waals surface area contributed by atoms with E-state index in [2.05, 4.69) is 21.2 Å². The van der Waals surface area contributed by atoms with Crippen LogP contribution in [0.25, 0.3) is 0 Å². The molecule has 0 atom stereocenters. The summed E-state index contributed by atoms with van der Waals surface area (Å²) >= 11 is 3.67. The lowest BCUT2D eigenvalue weighted by molar-refractivity contribution is 0.264. The van der Waals surface area contributed by atoms with Gasteiger partial charge in [0.25, 0.3) is 0 Å². The molecule has 0 radical (unpaired) electrons. The zero-order valence-electron chi connectivity index (χ0n) is 17.4. The van der Waals surface area contributed by atoms with E-state index in [1.165, 1.54) is 5.56 Å². The maximum Gasteiger partial charge on any atom is 0.205 e. The first-order valence-electron chi connectivity index (χ1n) is 9.60. The predicted molar refractivity (Wildman–Crippen MR) is 122 cm³/mol. The van der Waals surface area contributed by atoms with Gasteiger partial charge in [0, 0.05) is 13.1 Å². The third kappa shape index (κ3) is 5.46. The summed E-state index contributed by atoms with van der Waals surface area (Å²) in [7, 11) is 4.93. The predicted octanol–water partition coefficient (Wildman–Crippen LogP) is 5.34. The van der Waals surface area contributed by atoms with E-state index >= 15 is 0 Å². The lowest BCUT2D eigenvalue weighted by Crippen LogP contribution is -2.13. The molecule has 3 aromatic carbocycles. The summed E-state index contributed by atoms with van der Waals surface area (Å²) in [6, 6.07) is 20.0. The van der Waals surface area contributed by atoms with Crippen molar-refractivity contribution >= 4 is 15.9 Å². The highest BCUT2D eigenvalue weighted by atomic mass is 79.9. The molecule has 0 aliphatic carbocycles. The molecule has 0 saturated heterocycles. The van der Waals surface area contributed by atoms with Gasteiger partial charge in [-0.2, -0.15) is 0 Å². The molecule has 0 aromatic heterocycles. The molecule has 0 aliphatic heterocycles. The lowest BCUT2D eigenvalue weighted by atomic mass is 10.1. The van der Waals surface area contributed by atoms with Crippen LogP contribution in [-0.2, 0) is 19.7 Å². The number of ether oxygens (including phenoxy) is 4. The van der Waals surface area contributed by atoms with Crippen molar-refractivity contribution in [3.8, 4) is 23.0 Å². The van der Waals surface area contributed by atoms with E-state index < -0.39 is 0 Å². The lowest BCUT2D eigenvalue weighted by Gasteiger charge is -2.18. The molecule has 5 nitrogen and oxygen atoms in total. The van der Waals surface area contributed by atoms with Gasteiger partial charge >= 0.3 is 0 Å². The molecule has 0 aliphatic rings. The Kier molecular flexibility index (Phi) is 7.99. The zero-order valence-corrected chi connectivity index (χ0v) is 19.0. The second-order valence-corrected chi connectivity index (χ2v) is 7.43. The number of nitrogens with one attached hydrogen (secondary N) is 1. The first-order chi connectivity index (χ1) is 14.7. The van der Waals surface area contributed by atoms with Crippen LogP contribution in [0.4, 0.5) is 0 Å². The van der Waals surface area contributed by atoms with Gasteiger partial charge in [0.1, 0.15) is 12.4 Å². The van der Waals surface area contributed by atoms with Crippen LogP contribution in [0.1, 0.15) is 16.7 Å². The van der Waals surface area contributed by atoms with Crippen LogP contribution in [0, 0.1) is 0 Å². The summed E-state index contributed by atoms with van der Waals surface area (Å²) in [6.07, 6.45) is 0. The average molecular weight is 472 g/mol. The topological polar surface area (TPSA) is 49.0 Å². The molecule has 0 heterocycles. The van der Waals surface area contributed by atoms with E-state index in [1.54, 1.807) is 21.3 Å². The van der Waals surface area contributed by atoms with Crippen molar-refractivity contribution in [2.75, 3.05) is 21.3 Å². The van der Waals surface area contributed by atoms with Crippen molar-refractivity contribution in [2.24, 2.45) is 0 Å². The second-order valence-electron chi connectivity index (χ2n) is 6.64. The van der Waals surface area contributed by atoms with Crippen molar-refractivity contribution in [2.45, 2.75) is 19.7 Å². The molecule has 1 N–H and O–H groups in total. The SMILES string of the molecule is COc1ccc(CNCc2cc(OC)c(OCc3ccccc3)c(OC)c2Br)cc1. The molecule has 30 heavy (non-hydrogen) atoms. The molecule has 0 amide bonds. The monoisotopic (exact) mass is 471 g/mol. The van der Waals surface area contributed by atoms with Gasteiger partial charge in [-0.15, -0.1) is 0 Å². The highest BCUT2D eigenvalue weighted by Gasteiger charge is 2.20. The summed E-state index contributed by atoms with van der Waals surface area (Å²) in [5.74, 6) is 2.68. The van der Waals surface area contributed by atoms with Gasteiger partial charge in [-0.25, -0.2) is 0 Å². The van der Waals surface area contributed by atoms with Gasteiger partial charge in [-0.1, -0.05) is 42.5 Å². The minimum Gasteiger partial charge on any atom is -0.497 e. The normalized spacial score (nSPS) is 10.5. The fourth-order valence-electron chi connectivity index (χ4n) is 3.06. The van der Waals surface area contributed by atoms with Gasteiger partial charge in [0.15, 0.2) is 11.5 Å². The van der Waals surface area contributed by atoms with Crippen LogP contribution in [0.2, 0.25) is 0 Å². The summed E-state index contributed by atoms with van der Waals surface area (Å²) in [5.41, 5.74) is 3.26. The molecule has 3 aromatic rings. The van der Waals surface area contributed by atoms with Crippen LogP contribution in [-0.4, -0.2) is 21.3 Å². The summed E-state index contributed by atoms with van der Waals surface area (Å²) in [5, 5.41) is 3.45.